The van der Waals surface area contributed by atoms with Crippen LogP contribution in [-0.2, 0) is 10.2 Å². The summed E-state index contributed by atoms with van der Waals surface area (Å²) in [7, 11) is 1.80. The van der Waals surface area contributed by atoms with Gasteiger partial charge in [0, 0.05) is 19.3 Å². The molecule has 1 aromatic rings. The zero-order valence-electron chi connectivity index (χ0n) is 9.45. The maximum absolute atomic E-state index is 12.1. The fourth-order valence-corrected chi connectivity index (χ4v) is 2.98. The van der Waals surface area contributed by atoms with Crippen LogP contribution in [0.3, 0.4) is 0 Å². The van der Waals surface area contributed by atoms with Gasteiger partial charge in [-0.1, -0.05) is 18.2 Å². The van der Waals surface area contributed by atoms with Crippen molar-refractivity contribution in [3.8, 4) is 0 Å². The van der Waals surface area contributed by atoms with Crippen LogP contribution in [0.1, 0.15) is 12.5 Å². The fraction of sp³-hybridized carbons (Fsp3) is 0.417. The lowest BCUT2D eigenvalue weighted by Gasteiger charge is -2.30. The molecule has 2 atom stereocenters. The normalized spacial score (nSPS) is 35.9. The number of nitrogens with zero attached hydrogens (tertiary/aromatic N) is 1. The predicted octanol–water partition coefficient (Wildman–Crippen LogP) is 0.497. The van der Waals surface area contributed by atoms with Gasteiger partial charge in [-0.15, -0.1) is 0 Å². The Morgan fingerprint density at radius 2 is 2.12 bits per heavy atom. The number of carbonyl (C=O) groups is 1. The van der Waals surface area contributed by atoms with Crippen LogP contribution in [0.5, 0.6) is 0 Å². The number of likely N-dealkylation sites (N-methyl/N-ethyl adjacent to an activating group) is 1. The van der Waals surface area contributed by atoms with Gasteiger partial charge in [-0.3, -0.25) is 4.79 Å². The van der Waals surface area contributed by atoms with Crippen LogP contribution in [0.4, 0.5) is 5.69 Å². The molecule has 0 saturated carbocycles. The third kappa shape index (κ3) is 0.826. The number of amides is 1. The van der Waals surface area contributed by atoms with E-state index < -0.39 is 5.66 Å². The number of nitrogens with one attached hydrogen (secondary N) is 1. The van der Waals surface area contributed by atoms with Gasteiger partial charge in [0.2, 0.25) is 0 Å². The Morgan fingerprint density at radius 3 is 2.88 bits per heavy atom. The largest absolute Gasteiger partial charge is 0.359 e. The van der Waals surface area contributed by atoms with E-state index in [9.17, 15) is 4.79 Å². The van der Waals surface area contributed by atoms with Crippen LogP contribution in [-0.4, -0.2) is 30.1 Å². The molecule has 1 aromatic carbocycles. The molecule has 0 radical (unpaired) electrons. The van der Waals surface area contributed by atoms with Gasteiger partial charge < -0.3 is 16.0 Å². The maximum Gasteiger partial charge on any atom is 0.263 e. The van der Waals surface area contributed by atoms with E-state index >= 15 is 0 Å². The number of para-hydroxylation sites is 1. The lowest BCUT2D eigenvalue weighted by molar-refractivity contribution is -0.130. The summed E-state index contributed by atoms with van der Waals surface area (Å²) in [5.74, 6) is -0.0359. The topological polar surface area (TPSA) is 58.4 Å². The summed E-state index contributed by atoms with van der Waals surface area (Å²) in [5.41, 5.74) is 7.08. The number of benzene rings is 1. The van der Waals surface area contributed by atoms with Crippen LogP contribution in [0.15, 0.2) is 24.3 Å². The second-order valence-corrected chi connectivity index (χ2v) is 4.97. The molecular weight excluding hydrogens is 202 g/mol. The molecule has 0 bridgehead atoms. The quantitative estimate of drug-likeness (QED) is 0.665. The van der Waals surface area contributed by atoms with E-state index in [-0.39, 0.29) is 11.3 Å². The van der Waals surface area contributed by atoms with E-state index in [4.69, 9.17) is 5.73 Å². The average molecular weight is 217 g/mol. The van der Waals surface area contributed by atoms with E-state index in [2.05, 4.69) is 5.32 Å². The third-order valence-electron chi connectivity index (χ3n) is 3.96. The van der Waals surface area contributed by atoms with Crippen molar-refractivity contribution in [3.05, 3.63) is 29.8 Å². The van der Waals surface area contributed by atoms with Crippen molar-refractivity contribution < 1.29 is 4.79 Å². The van der Waals surface area contributed by atoms with Gasteiger partial charge in [-0.25, -0.2) is 0 Å². The number of fused-ring (bicyclic) bond motifs is 3. The minimum atomic E-state index is -0.981. The lowest BCUT2D eigenvalue weighted by atomic mass is 9.77. The molecule has 1 fully saturated rings. The van der Waals surface area contributed by atoms with Crippen LogP contribution in [0.25, 0.3) is 0 Å². The van der Waals surface area contributed by atoms with Crippen molar-refractivity contribution in [2.45, 2.75) is 18.0 Å². The SMILES string of the molecule is CN1C[C@]2(C)c3ccccc3N[C@@]2(N)C1=O. The molecule has 0 spiro atoms. The number of hydrogen-bond acceptors (Lipinski definition) is 3. The van der Waals surface area contributed by atoms with Crippen molar-refractivity contribution in [3.63, 3.8) is 0 Å². The molecule has 1 saturated heterocycles. The average Bonchev–Trinajstić information content (AvgIpc) is 2.57. The predicted molar refractivity (Wildman–Crippen MR) is 62.0 cm³/mol. The summed E-state index contributed by atoms with van der Waals surface area (Å²) in [6.07, 6.45) is 0. The molecule has 84 valence electrons. The molecule has 2 heterocycles. The van der Waals surface area contributed by atoms with Gasteiger partial charge in [-0.2, -0.15) is 0 Å². The first-order valence-corrected chi connectivity index (χ1v) is 5.41. The first kappa shape index (κ1) is 9.66. The summed E-state index contributed by atoms with van der Waals surface area (Å²) < 4.78 is 0. The summed E-state index contributed by atoms with van der Waals surface area (Å²) in [6, 6.07) is 7.96. The molecular formula is C12H15N3O. The molecule has 4 nitrogen and oxygen atoms in total. The van der Waals surface area contributed by atoms with Crippen molar-refractivity contribution in [2.75, 3.05) is 18.9 Å². The highest BCUT2D eigenvalue weighted by atomic mass is 16.2. The smallest absolute Gasteiger partial charge is 0.263 e. The number of carbonyl (C=O) groups excluding carboxylic acids is 1. The fourth-order valence-electron chi connectivity index (χ4n) is 2.98. The summed E-state index contributed by atoms with van der Waals surface area (Å²) >= 11 is 0. The summed E-state index contributed by atoms with van der Waals surface area (Å²) in [6.45, 7) is 2.71. The standard InChI is InChI=1S/C12H15N3O/c1-11-7-15(2)10(16)12(11,13)14-9-6-4-3-5-8(9)11/h3-6,14H,7,13H2,1-2H3/t11-,12+/m1/s1. The third-order valence-corrected chi connectivity index (χ3v) is 3.96. The van der Waals surface area contributed by atoms with Crippen molar-refractivity contribution in [1.82, 2.24) is 4.90 Å². The zero-order valence-corrected chi connectivity index (χ0v) is 9.45. The van der Waals surface area contributed by atoms with Crippen molar-refractivity contribution in [2.24, 2.45) is 5.73 Å². The van der Waals surface area contributed by atoms with Gasteiger partial charge in [0.15, 0.2) is 5.66 Å². The van der Waals surface area contributed by atoms with Gasteiger partial charge in [0.25, 0.3) is 5.91 Å². The molecule has 0 unspecified atom stereocenters. The van der Waals surface area contributed by atoms with Crippen molar-refractivity contribution in [1.29, 1.82) is 0 Å². The molecule has 4 heteroatoms. The molecule has 2 aliphatic heterocycles. The highest BCUT2D eigenvalue weighted by Gasteiger charge is 2.63. The van der Waals surface area contributed by atoms with E-state index in [0.29, 0.717) is 6.54 Å². The van der Waals surface area contributed by atoms with Gasteiger partial charge in [0.05, 0.1) is 5.41 Å². The lowest BCUT2D eigenvalue weighted by Crippen LogP contribution is -2.60. The molecule has 0 aromatic heterocycles. The number of anilines is 1. The first-order valence-electron chi connectivity index (χ1n) is 5.41. The Hall–Kier alpha value is -1.55. The van der Waals surface area contributed by atoms with E-state index in [1.807, 2.05) is 31.2 Å². The van der Waals surface area contributed by atoms with E-state index in [1.165, 1.54) is 0 Å². The molecule has 3 N–H and O–H groups in total. The minimum absolute atomic E-state index is 0.0359. The van der Waals surface area contributed by atoms with Crippen LogP contribution < -0.4 is 11.1 Å². The Morgan fingerprint density at radius 1 is 1.44 bits per heavy atom. The van der Waals surface area contributed by atoms with Crippen LogP contribution in [0, 0.1) is 0 Å². The van der Waals surface area contributed by atoms with Gasteiger partial charge in [0.1, 0.15) is 0 Å². The van der Waals surface area contributed by atoms with Crippen LogP contribution >= 0.6 is 0 Å². The molecule has 1 amide bonds. The van der Waals surface area contributed by atoms with Gasteiger partial charge in [-0.05, 0) is 18.6 Å². The molecule has 0 aliphatic carbocycles. The number of rotatable bonds is 0. The van der Waals surface area contributed by atoms with E-state index in [1.54, 1.807) is 11.9 Å². The first-order chi connectivity index (χ1) is 7.49. The zero-order chi connectivity index (χ0) is 11.6. The summed E-state index contributed by atoms with van der Waals surface area (Å²) in [5, 5.41) is 3.18. The van der Waals surface area contributed by atoms with Crippen LogP contribution in [0.2, 0.25) is 0 Å². The monoisotopic (exact) mass is 217 g/mol. The molecule has 2 aliphatic rings. The highest BCUT2D eigenvalue weighted by Crippen LogP contribution is 2.49. The summed E-state index contributed by atoms with van der Waals surface area (Å²) in [4.78, 5) is 13.8. The Labute approximate surface area is 94.4 Å². The molecule has 16 heavy (non-hydrogen) atoms. The highest BCUT2D eigenvalue weighted by molar-refractivity contribution is 5.96. The number of nitrogens with two attached hydrogens (primary N) is 1. The van der Waals surface area contributed by atoms with E-state index in [0.717, 1.165) is 11.3 Å². The second kappa shape index (κ2) is 2.58. The Bertz CT molecular complexity index is 487. The minimum Gasteiger partial charge on any atom is -0.359 e. The Kier molecular flexibility index (Phi) is 1.56. The molecule has 3 rings (SSSR count). The van der Waals surface area contributed by atoms with Crippen molar-refractivity contribution >= 4 is 11.6 Å². The van der Waals surface area contributed by atoms with Gasteiger partial charge >= 0.3 is 0 Å². The number of likely N-dealkylation sites (tertiary alicyclic amines) is 1. The maximum atomic E-state index is 12.1. The number of hydrogen-bond donors (Lipinski definition) is 2. The Balaban J connectivity index is 2.23. The second-order valence-electron chi connectivity index (χ2n) is 4.97.